The molecule has 4 heterocycles. The van der Waals surface area contributed by atoms with Gasteiger partial charge < -0.3 is 19.9 Å². The fourth-order valence-corrected chi connectivity index (χ4v) is 5.07. The number of nitrogens with one attached hydrogen (secondary N) is 2. The molecular formula is C26H21F3N6O4. The average molecular weight is 538 g/mol. The van der Waals surface area contributed by atoms with Gasteiger partial charge in [0.05, 0.1) is 24.0 Å². The van der Waals surface area contributed by atoms with Crippen molar-refractivity contribution in [3.8, 4) is 17.1 Å². The van der Waals surface area contributed by atoms with E-state index in [9.17, 15) is 22.8 Å². The van der Waals surface area contributed by atoms with Gasteiger partial charge in [-0.2, -0.15) is 18.3 Å². The van der Waals surface area contributed by atoms with Gasteiger partial charge in [0, 0.05) is 12.3 Å². The van der Waals surface area contributed by atoms with E-state index in [4.69, 9.17) is 9.26 Å². The van der Waals surface area contributed by atoms with E-state index in [0.717, 1.165) is 16.7 Å². The van der Waals surface area contributed by atoms with Crippen LogP contribution < -0.4 is 15.4 Å². The number of carbonyl (C=O) groups is 2. The minimum absolute atomic E-state index is 0.0429. The van der Waals surface area contributed by atoms with Gasteiger partial charge in [0.25, 0.3) is 11.8 Å². The van der Waals surface area contributed by atoms with Crippen molar-refractivity contribution in [2.75, 3.05) is 11.9 Å². The summed E-state index contributed by atoms with van der Waals surface area (Å²) in [5, 5.41) is 14.0. The smallest absolute Gasteiger partial charge is 0.422 e. The summed E-state index contributed by atoms with van der Waals surface area (Å²) in [7, 11) is 0. The third kappa shape index (κ3) is 4.49. The van der Waals surface area contributed by atoms with Crippen LogP contribution in [0.3, 0.4) is 0 Å². The van der Waals surface area contributed by atoms with Gasteiger partial charge >= 0.3 is 6.18 Å². The topological polar surface area (TPSA) is 124 Å². The fraction of sp³-hybridized carbons (Fsp3) is 0.269. The molecule has 4 aromatic rings. The minimum atomic E-state index is -4.45. The third-order valence-electron chi connectivity index (χ3n) is 6.81. The summed E-state index contributed by atoms with van der Waals surface area (Å²) >= 11 is 0. The second kappa shape index (κ2) is 8.96. The number of hydrogen-bond acceptors (Lipinski definition) is 7. The minimum Gasteiger partial charge on any atom is -0.484 e. The molecule has 39 heavy (non-hydrogen) atoms. The molecular weight excluding hydrogens is 517 g/mol. The van der Waals surface area contributed by atoms with Crippen molar-refractivity contribution in [3.63, 3.8) is 0 Å². The number of rotatable bonds is 5. The monoisotopic (exact) mass is 538 g/mol. The van der Waals surface area contributed by atoms with Crippen LogP contribution in [0.4, 0.5) is 18.9 Å². The van der Waals surface area contributed by atoms with Crippen molar-refractivity contribution in [3.05, 3.63) is 76.9 Å². The summed E-state index contributed by atoms with van der Waals surface area (Å²) in [4.78, 5) is 30.9. The highest BCUT2D eigenvalue weighted by atomic mass is 19.4. The number of aryl methyl sites for hydroxylation is 2. The molecule has 2 aliphatic rings. The SMILES string of the molecule is Cc1ccc(-c2nn3c(c2NC(=O)c2ccno2)C(=O)N[C@@]2(CCc4cc(OCC(F)(F)F)ccc42)C3)nc1. The number of carbonyl (C=O) groups excluding carboxylic acids is 2. The standard InChI is InChI=1S/C26H21F3N6O4/c1-14-2-5-18(30-11-14)20-21(32-23(36)19-7-9-31-39-19)22-24(37)33-25(12-35(22)34-20)8-6-15-10-16(3-4-17(15)25)38-13-26(27,28)29/h2-5,7,9-11H,6,8,12-13H2,1H3,(H,32,36)(H,33,37)/t25-/m0/s1. The van der Waals surface area contributed by atoms with Crippen molar-refractivity contribution in [2.24, 2.45) is 0 Å². The molecule has 0 saturated carbocycles. The van der Waals surface area contributed by atoms with Crippen LogP contribution in [0.2, 0.25) is 0 Å². The molecule has 1 aromatic carbocycles. The van der Waals surface area contributed by atoms with Crippen LogP contribution in [-0.4, -0.2) is 44.5 Å². The van der Waals surface area contributed by atoms with Crippen molar-refractivity contribution in [1.82, 2.24) is 25.2 Å². The molecule has 1 atom stereocenters. The number of hydrogen-bond donors (Lipinski definition) is 2. The van der Waals surface area contributed by atoms with E-state index in [-0.39, 0.29) is 29.4 Å². The first-order valence-corrected chi connectivity index (χ1v) is 12.0. The first kappa shape index (κ1) is 24.6. The van der Waals surface area contributed by atoms with E-state index >= 15 is 0 Å². The lowest BCUT2D eigenvalue weighted by Crippen LogP contribution is -2.52. The van der Waals surface area contributed by atoms with E-state index in [1.54, 1.807) is 24.4 Å². The van der Waals surface area contributed by atoms with Crippen LogP contribution in [0.15, 0.2) is 53.3 Å². The Morgan fingerprint density at radius 1 is 1.26 bits per heavy atom. The second-order valence-electron chi connectivity index (χ2n) is 9.54. The number of ether oxygens (including phenoxy) is 1. The quantitative estimate of drug-likeness (QED) is 0.393. The summed E-state index contributed by atoms with van der Waals surface area (Å²) in [6, 6.07) is 9.70. The van der Waals surface area contributed by atoms with E-state index in [2.05, 4.69) is 25.9 Å². The van der Waals surface area contributed by atoms with Gasteiger partial charge in [-0.15, -0.1) is 0 Å². The Morgan fingerprint density at radius 2 is 2.10 bits per heavy atom. The number of alkyl halides is 3. The lowest BCUT2D eigenvalue weighted by molar-refractivity contribution is -0.153. The molecule has 0 fully saturated rings. The zero-order valence-electron chi connectivity index (χ0n) is 20.5. The van der Waals surface area contributed by atoms with Gasteiger partial charge in [0.2, 0.25) is 5.76 Å². The zero-order chi connectivity index (χ0) is 27.4. The fourth-order valence-electron chi connectivity index (χ4n) is 5.07. The predicted molar refractivity (Wildman–Crippen MR) is 130 cm³/mol. The van der Waals surface area contributed by atoms with Crippen molar-refractivity contribution in [1.29, 1.82) is 0 Å². The Kier molecular flexibility index (Phi) is 5.66. The molecule has 1 spiro atoms. The van der Waals surface area contributed by atoms with Crippen molar-refractivity contribution >= 4 is 17.5 Å². The Morgan fingerprint density at radius 3 is 2.82 bits per heavy atom. The third-order valence-corrected chi connectivity index (χ3v) is 6.81. The van der Waals surface area contributed by atoms with Gasteiger partial charge in [0.1, 0.15) is 17.1 Å². The molecule has 10 nitrogen and oxygen atoms in total. The number of amides is 2. The summed E-state index contributed by atoms with van der Waals surface area (Å²) < 4.78 is 49.2. The first-order chi connectivity index (χ1) is 18.6. The molecule has 3 aromatic heterocycles. The number of pyridine rings is 1. The first-order valence-electron chi connectivity index (χ1n) is 12.0. The van der Waals surface area contributed by atoms with E-state index < -0.39 is 30.1 Å². The Hall–Kier alpha value is -4.68. The largest absolute Gasteiger partial charge is 0.484 e. The van der Waals surface area contributed by atoms with Crippen LogP contribution in [0.25, 0.3) is 11.4 Å². The number of aromatic nitrogens is 4. The zero-order valence-corrected chi connectivity index (χ0v) is 20.5. The highest BCUT2D eigenvalue weighted by Gasteiger charge is 2.46. The Labute approximate surface area is 219 Å². The van der Waals surface area contributed by atoms with E-state index in [0.29, 0.717) is 24.2 Å². The van der Waals surface area contributed by atoms with Crippen LogP contribution in [0.1, 0.15) is 44.2 Å². The summed E-state index contributed by atoms with van der Waals surface area (Å²) in [6.45, 7) is 0.736. The lowest BCUT2D eigenvalue weighted by Gasteiger charge is -2.36. The maximum atomic E-state index is 13.6. The number of fused-ring (bicyclic) bond motifs is 3. The maximum Gasteiger partial charge on any atom is 0.422 e. The normalized spacial score (nSPS) is 18.0. The van der Waals surface area contributed by atoms with Gasteiger partial charge in [-0.3, -0.25) is 19.3 Å². The molecule has 200 valence electrons. The highest BCUT2D eigenvalue weighted by molar-refractivity contribution is 6.10. The summed E-state index contributed by atoms with van der Waals surface area (Å²) in [5.74, 6) is -1.01. The number of anilines is 1. The highest BCUT2D eigenvalue weighted by Crippen LogP contribution is 2.44. The molecule has 13 heteroatoms. The number of nitrogens with zero attached hydrogens (tertiary/aromatic N) is 4. The number of halogens is 3. The van der Waals surface area contributed by atoms with Crippen molar-refractivity contribution in [2.45, 2.75) is 38.0 Å². The molecule has 6 rings (SSSR count). The van der Waals surface area contributed by atoms with Gasteiger partial charge in [-0.1, -0.05) is 17.3 Å². The van der Waals surface area contributed by atoms with Crippen LogP contribution in [0.5, 0.6) is 5.75 Å². The van der Waals surface area contributed by atoms with Gasteiger partial charge in [-0.25, -0.2) is 0 Å². The molecule has 1 aliphatic carbocycles. The molecule has 1 aliphatic heterocycles. The molecule has 0 bridgehead atoms. The predicted octanol–water partition coefficient (Wildman–Crippen LogP) is 4.02. The maximum absolute atomic E-state index is 13.6. The second-order valence-corrected chi connectivity index (χ2v) is 9.54. The lowest BCUT2D eigenvalue weighted by atomic mass is 9.89. The number of benzene rings is 1. The summed E-state index contributed by atoms with van der Waals surface area (Å²) in [5.41, 5.74) is 2.72. The van der Waals surface area contributed by atoms with Crippen LogP contribution in [-0.2, 0) is 18.5 Å². The Balaban J connectivity index is 1.37. The van der Waals surface area contributed by atoms with Gasteiger partial charge in [0.15, 0.2) is 12.3 Å². The Bertz CT molecular complexity index is 1580. The average Bonchev–Trinajstić information content (AvgIpc) is 3.62. The van der Waals surface area contributed by atoms with Gasteiger partial charge in [-0.05, 0) is 54.7 Å². The van der Waals surface area contributed by atoms with Crippen molar-refractivity contribution < 1.29 is 32.0 Å². The molecule has 2 amide bonds. The molecule has 0 radical (unpaired) electrons. The van der Waals surface area contributed by atoms with Crippen LogP contribution in [0, 0.1) is 6.92 Å². The van der Waals surface area contributed by atoms with E-state index in [1.165, 1.54) is 23.0 Å². The van der Waals surface area contributed by atoms with Crippen LogP contribution >= 0.6 is 0 Å². The summed E-state index contributed by atoms with van der Waals surface area (Å²) in [6.07, 6.45) is -0.426. The molecule has 0 saturated heterocycles. The van der Waals surface area contributed by atoms with E-state index in [1.807, 2.05) is 13.0 Å². The molecule has 2 N–H and O–H groups in total. The molecule has 0 unspecified atom stereocenters.